The fourth-order valence-electron chi connectivity index (χ4n) is 3.59. The van der Waals surface area contributed by atoms with E-state index in [0.29, 0.717) is 0 Å². The third kappa shape index (κ3) is 2.68. The van der Waals surface area contributed by atoms with Crippen molar-refractivity contribution in [3.63, 3.8) is 0 Å². The van der Waals surface area contributed by atoms with Crippen LogP contribution in [0.1, 0.15) is 44.3 Å². The van der Waals surface area contributed by atoms with Crippen molar-refractivity contribution in [2.24, 2.45) is 18.8 Å². The monoisotopic (exact) mass is 265 g/mol. The molecule has 3 unspecified atom stereocenters. The lowest BCUT2D eigenvalue weighted by Gasteiger charge is -2.49. The van der Waals surface area contributed by atoms with Crippen LogP contribution in [0.2, 0.25) is 0 Å². The Hall–Kier alpha value is -0.910. The number of nitrogens with one attached hydrogen (secondary N) is 1. The zero-order valence-corrected chi connectivity index (χ0v) is 12.6. The Kier molecular flexibility index (Phi) is 4.28. The summed E-state index contributed by atoms with van der Waals surface area (Å²) in [6.45, 7) is 2.34. The highest BCUT2D eigenvalue weighted by Crippen LogP contribution is 2.43. The molecule has 5 nitrogen and oxygen atoms in total. The molecule has 0 spiro atoms. The Labute approximate surface area is 116 Å². The summed E-state index contributed by atoms with van der Waals surface area (Å²) in [6.07, 6.45) is 6.87. The van der Waals surface area contributed by atoms with Gasteiger partial charge in [-0.25, -0.2) is 5.43 Å². The summed E-state index contributed by atoms with van der Waals surface area (Å²) < 4.78 is 1.84. The van der Waals surface area contributed by atoms with E-state index >= 15 is 0 Å². The first-order valence-electron chi connectivity index (χ1n) is 7.12. The van der Waals surface area contributed by atoms with Gasteiger partial charge in [0.25, 0.3) is 0 Å². The van der Waals surface area contributed by atoms with Crippen LogP contribution in [0, 0.1) is 5.92 Å². The van der Waals surface area contributed by atoms with Gasteiger partial charge in [-0.3, -0.25) is 10.5 Å². The van der Waals surface area contributed by atoms with Crippen molar-refractivity contribution in [3.05, 3.63) is 18.0 Å². The van der Waals surface area contributed by atoms with Gasteiger partial charge in [0.15, 0.2) is 0 Å². The van der Waals surface area contributed by atoms with Crippen LogP contribution in [0.5, 0.6) is 0 Å². The van der Waals surface area contributed by atoms with Crippen LogP contribution in [0.25, 0.3) is 0 Å². The lowest BCUT2D eigenvalue weighted by Crippen LogP contribution is -2.57. The van der Waals surface area contributed by atoms with Crippen LogP contribution in [0.3, 0.4) is 0 Å². The van der Waals surface area contributed by atoms with E-state index in [1.807, 2.05) is 17.9 Å². The molecule has 1 aliphatic carbocycles. The van der Waals surface area contributed by atoms with Gasteiger partial charge in [0.1, 0.15) is 0 Å². The molecular formula is C14H27N5. The highest BCUT2D eigenvalue weighted by Gasteiger charge is 2.44. The van der Waals surface area contributed by atoms with Gasteiger partial charge in [0, 0.05) is 18.8 Å². The summed E-state index contributed by atoms with van der Waals surface area (Å²) in [5, 5.41) is 4.56. The number of nitrogens with zero attached hydrogens (tertiary/aromatic N) is 3. The summed E-state index contributed by atoms with van der Waals surface area (Å²) in [7, 11) is 6.26. The molecule has 1 aliphatic rings. The van der Waals surface area contributed by atoms with Crippen molar-refractivity contribution >= 4 is 0 Å². The second-order valence-electron chi connectivity index (χ2n) is 6.21. The average Bonchev–Trinajstić information content (AvgIpc) is 2.76. The van der Waals surface area contributed by atoms with Gasteiger partial charge in [-0.1, -0.05) is 19.8 Å². The molecule has 19 heavy (non-hydrogen) atoms. The first-order valence-corrected chi connectivity index (χ1v) is 7.12. The third-order valence-corrected chi connectivity index (χ3v) is 4.63. The highest BCUT2D eigenvalue weighted by atomic mass is 15.3. The molecule has 0 aromatic carbocycles. The summed E-state index contributed by atoms with van der Waals surface area (Å²) in [6, 6.07) is 2.14. The van der Waals surface area contributed by atoms with E-state index in [2.05, 4.69) is 42.5 Å². The molecule has 108 valence electrons. The van der Waals surface area contributed by atoms with Crippen molar-refractivity contribution < 1.29 is 0 Å². The van der Waals surface area contributed by atoms with Gasteiger partial charge in [0.05, 0.1) is 11.7 Å². The molecular weight excluding hydrogens is 238 g/mol. The summed E-state index contributed by atoms with van der Waals surface area (Å²) in [4.78, 5) is 2.34. The molecule has 1 aromatic rings. The van der Waals surface area contributed by atoms with Gasteiger partial charge >= 0.3 is 0 Å². The van der Waals surface area contributed by atoms with Gasteiger partial charge in [-0.05, 0) is 38.9 Å². The predicted octanol–water partition coefficient (Wildman–Crippen LogP) is 1.43. The Bertz CT molecular complexity index is 414. The molecule has 0 radical (unpaired) electrons. The lowest BCUT2D eigenvalue weighted by atomic mass is 9.70. The summed E-state index contributed by atoms with van der Waals surface area (Å²) >= 11 is 0. The molecule has 1 saturated carbocycles. The average molecular weight is 265 g/mol. The molecule has 0 bridgehead atoms. The number of likely N-dealkylation sites (N-methyl/N-ethyl adjacent to an activating group) is 1. The Morgan fingerprint density at radius 2 is 2.32 bits per heavy atom. The van der Waals surface area contributed by atoms with E-state index in [1.54, 1.807) is 0 Å². The van der Waals surface area contributed by atoms with Crippen molar-refractivity contribution in [2.75, 3.05) is 14.1 Å². The molecule has 0 amide bonds. The number of nitrogens with two attached hydrogens (primary N) is 1. The highest BCUT2D eigenvalue weighted by molar-refractivity contribution is 5.15. The van der Waals surface area contributed by atoms with Crippen LogP contribution in [-0.4, -0.2) is 34.3 Å². The molecule has 1 fully saturated rings. The predicted molar refractivity (Wildman–Crippen MR) is 77.3 cm³/mol. The standard InChI is InChI=1S/C14H27N5/c1-11-6-5-8-14(10-11,18(2)3)13(16-15)12-7-9-19(4)17-12/h7,9,11,13,16H,5-6,8,10,15H2,1-4H3. The van der Waals surface area contributed by atoms with Gasteiger partial charge in [-0.2, -0.15) is 5.10 Å². The topological polar surface area (TPSA) is 59.1 Å². The SMILES string of the molecule is CC1CCCC(C(NN)c2ccn(C)n2)(N(C)C)C1. The maximum atomic E-state index is 5.89. The number of aromatic nitrogens is 2. The van der Waals surface area contributed by atoms with Crippen LogP contribution < -0.4 is 11.3 Å². The first kappa shape index (κ1) is 14.5. The van der Waals surface area contributed by atoms with Crippen molar-refractivity contribution in [3.8, 4) is 0 Å². The van der Waals surface area contributed by atoms with E-state index in [9.17, 15) is 0 Å². The minimum Gasteiger partial charge on any atom is -0.302 e. The van der Waals surface area contributed by atoms with Crippen LogP contribution in [0.4, 0.5) is 0 Å². The zero-order chi connectivity index (χ0) is 14.0. The van der Waals surface area contributed by atoms with E-state index in [0.717, 1.165) is 24.5 Å². The van der Waals surface area contributed by atoms with Gasteiger partial charge in [0.2, 0.25) is 0 Å². The Morgan fingerprint density at radius 1 is 1.58 bits per heavy atom. The number of hydrazine groups is 1. The molecule has 1 aromatic heterocycles. The van der Waals surface area contributed by atoms with Gasteiger partial charge < -0.3 is 4.90 Å². The number of aryl methyl sites for hydroxylation is 1. The molecule has 3 N–H and O–H groups in total. The smallest absolute Gasteiger partial charge is 0.0833 e. The number of hydrogen-bond donors (Lipinski definition) is 2. The fourth-order valence-corrected chi connectivity index (χ4v) is 3.59. The maximum absolute atomic E-state index is 5.89. The Morgan fingerprint density at radius 3 is 2.79 bits per heavy atom. The zero-order valence-electron chi connectivity index (χ0n) is 12.6. The lowest BCUT2D eigenvalue weighted by molar-refractivity contribution is 0.0350. The summed E-state index contributed by atoms with van der Waals surface area (Å²) in [5.41, 5.74) is 4.12. The number of hydrogen-bond acceptors (Lipinski definition) is 4. The maximum Gasteiger partial charge on any atom is 0.0833 e. The second-order valence-corrected chi connectivity index (χ2v) is 6.21. The molecule has 0 aliphatic heterocycles. The van der Waals surface area contributed by atoms with Crippen molar-refractivity contribution in [1.82, 2.24) is 20.1 Å². The molecule has 1 heterocycles. The summed E-state index contributed by atoms with van der Waals surface area (Å²) in [5.74, 6) is 6.62. The third-order valence-electron chi connectivity index (χ3n) is 4.63. The van der Waals surface area contributed by atoms with E-state index in [1.165, 1.54) is 12.8 Å². The normalized spacial score (nSPS) is 29.7. The minimum atomic E-state index is 0.0563. The van der Waals surface area contributed by atoms with E-state index < -0.39 is 0 Å². The molecule has 3 atom stereocenters. The van der Waals surface area contributed by atoms with Crippen LogP contribution >= 0.6 is 0 Å². The van der Waals surface area contributed by atoms with Crippen molar-refractivity contribution in [2.45, 2.75) is 44.2 Å². The van der Waals surface area contributed by atoms with E-state index in [4.69, 9.17) is 5.84 Å². The largest absolute Gasteiger partial charge is 0.302 e. The van der Waals surface area contributed by atoms with Crippen LogP contribution in [-0.2, 0) is 7.05 Å². The van der Waals surface area contributed by atoms with E-state index in [-0.39, 0.29) is 11.6 Å². The quantitative estimate of drug-likeness (QED) is 0.639. The van der Waals surface area contributed by atoms with Crippen LogP contribution in [0.15, 0.2) is 12.3 Å². The number of rotatable bonds is 4. The first-order chi connectivity index (χ1) is 8.99. The van der Waals surface area contributed by atoms with Gasteiger partial charge in [-0.15, -0.1) is 0 Å². The molecule has 2 rings (SSSR count). The molecule has 0 saturated heterocycles. The van der Waals surface area contributed by atoms with Crippen molar-refractivity contribution in [1.29, 1.82) is 0 Å². The molecule has 5 heteroatoms. The Balaban J connectivity index is 2.35. The second kappa shape index (κ2) is 5.61. The minimum absolute atomic E-state index is 0.0563. The fraction of sp³-hybridized carbons (Fsp3) is 0.786.